The maximum atomic E-state index is 12.0. The summed E-state index contributed by atoms with van der Waals surface area (Å²) in [5.74, 6) is -1.34. The number of hydrogen-bond donors (Lipinski definition) is 2. The van der Waals surface area contributed by atoms with Crippen molar-refractivity contribution in [3.05, 3.63) is 58.6 Å². The topological polar surface area (TPSA) is 61.4 Å². The summed E-state index contributed by atoms with van der Waals surface area (Å²) in [6, 6.07) is 13.6. The SMILES string of the molecule is Cc1ccc(Cl)cc1NC(=O)C(=O)NCCc1ccc(N2CCCC2)cc1. The smallest absolute Gasteiger partial charge is 0.313 e. The van der Waals surface area contributed by atoms with Crippen LogP contribution in [-0.4, -0.2) is 31.4 Å². The number of aryl methyl sites for hydroxylation is 1. The molecule has 2 N–H and O–H groups in total. The quantitative estimate of drug-likeness (QED) is 0.774. The summed E-state index contributed by atoms with van der Waals surface area (Å²) in [5, 5.41) is 5.77. The molecule has 27 heavy (non-hydrogen) atoms. The molecule has 0 radical (unpaired) electrons. The summed E-state index contributed by atoms with van der Waals surface area (Å²) in [4.78, 5) is 26.4. The van der Waals surface area contributed by atoms with Gasteiger partial charge in [-0.15, -0.1) is 0 Å². The highest BCUT2D eigenvalue weighted by atomic mass is 35.5. The van der Waals surface area contributed by atoms with Crippen LogP contribution in [0.2, 0.25) is 5.02 Å². The number of hydrogen-bond acceptors (Lipinski definition) is 3. The number of carbonyl (C=O) groups is 2. The van der Waals surface area contributed by atoms with Crippen molar-refractivity contribution in [1.29, 1.82) is 0 Å². The third-order valence-electron chi connectivity index (χ3n) is 4.76. The molecule has 0 aliphatic carbocycles. The molecule has 1 saturated heterocycles. The summed E-state index contributed by atoms with van der Waals surface area (Å²) in [6.07, 6.45) is 3.19. The van der Waals surface area contributed by atoms with Crippen LogP contribution in [0.4, 0.5) is 11.4 Å². The minimum absolute atomic E-state index is 0.407. The summed E-state index contributed by atoms with van der Waals surface area (Å²) in [5.41, 5.74) is 3.76. The first kappa shape index (κ1) is 19.2. The molecule has 3 rings (SSSR count). The van der Waals surface area contributed by atoms with Gasteiger partial charge < -0.3 is 15.5 Å². The molecule has 1 aliphatic heterocycles. The van der Waals surface area contributed by atoms with Gasteiger partial charge in [-0.25, -0.2) is 0 Å². The van der Waals surface area contributed by atoms with E-state index in [-0.39, 0.29) is 0 Å². The molecule has 0 aromatic heterocycles. The lowest BCUT2D eigenvalue weighted by atomic mass is 10.1. The maximum absolute atomic E-state index is 12.0. The number of anilines is 2. The van der Waals surface area contributed by atoms with Gasteiger partial charge in [-0.1, -0.05) is 29.8 Å². The Labute approximate surface area is 164 Å². The van der Waals surface area contributed by atoms with Crippen LogP contribution < -0.4 is 15.5 Å². The molecule has 1 heterocycles. The normalized spacial score (nSPS) is 13.5. The molecule has 6 heteroatoms. The van der Waals surface area contributed by atoms with E-state index in [9.17, 15) is 9.59 Å². The lowest BCUT2D eigenvalue weighted by Crippen LogP contribution is -2.36. The Hall–Kier alpha value is -2.53. The molecule has 0 atom stereocenters. The summed E-state index contributed by atoms with van der Waals surface area (Å²) >= 11 is 5.93. The Kier molecular flexibility index (Phi) is 6.35. The van der Waals surface area contributed by atoms with Crippen molar-refractivity contribution in [3.8, 4) is 0 Å². The van der Waals surface area contributed by atoms with Crippen molar-refractivity contribution in [2.45, 2.75) is 26.2 Å². The highest BCUT2D eigenvalue weighted by Crippen LogP contribution is 2.21. The first-order valence-electron chi connectivity index (χ1n) is 9.22. The second-order valence-corrected chi connectivity index (χ2v) is 7.22. The zero-order valence-corrected chi connectivity index (χ0v) is 16.2. The van der Waals surface area contributed by atoms with Crippen molar-refractivity contribution in [1.82, 2.24) is 5.32 Å². The van der Waals surface area contributed by atoms with E-state index in [1.54, 1.807) is 18.2 Å². The van der Waals surface area contributed by atoms with Crippen LogP contribution in [-0.2, 0) is 16.0 Å². The molecular formula is C21H24ClN3O2. The van der Waals surface area contributed by atoms with Crippen molar-refractivity contribution >= 4 is 34.8 Å². The van der Waals surface area contributed by atoms with E-state index in [1.165, 1.54) is 18.5 Å². The van der Waals surface area contributed by atoms with Crippen molar-refractivity contribution in [3.63, 3.8) is 0 Å². The van der Waals surface area contributed by atoms with Crippen LogP contribution in [0.1, 0.15) is 24.0 Å². The highest BCUT2D eigenvalue weighted by Gasteiger charge is 2.15. The zero-order chi connectivity index (χ0) is 19.2. The van der Waals surface area contributed by atoms with Crippen LogP contribution in [0.3, 0.4) is 0 Å². The molecule has 0 saturated carbocycles. The molecule has 1 aliphatic rings. The largest absolute Gasteiger partial charge is 0.372 e. The summed E-state index contributed by atoms with van der Waals surface area (Å²) in [6.45, 7) is 4.49. The Morgan fingerprint density at radius 2 is 1.74 bits per heavy atom. The van der Waals surface area contributed by atoms with Gasteiger partial charge in [-0.2, -0.15) is 0 Å². The third kappa shape index (κ3) is 5.23. The van der Waals surface area contributed by atoms with E-state index in [0.717, 1.165) is 24.2 Å². The van der Waals surface area contributed by atoms with Crippen molar-refractivity contribution in [2.24, 2.45) is 0 Å². The van der Waals surface area contributed by atoms with Gasteiger partial charge in [0.15, 0.2) is 0 Å². The monoisotopic (exact) mass is 385 g/mol. The van der Waals surface area contributed by atoms with Gasteiger partial charge in [-0.3, -0.25) is 9.59 Å². The fraction of sp³-hybridized carbons (Fsp3) is 0.333. The number of benzene rings is 2. The minimum atomic E-state index is -0.690. The molecule has 2 amide bonds. The Balaban J connectivity index is 1.46. The Morgan fingerprint density at radius 1 is 1.04 bits per heavy atom. The van der Waals surface area contributed by atoms with Crippen LogP contribution in [0.5, 0.6) is 0 Å². The van der Waals surface area contributed by atoms with Crippen LogP contribution in [0, 0.1) is 6.92 Å². The lowest BCUT2D eigenvalue weighted by Gasteiger charge is -2.17. The van der Waals surface area contributed by atoms with Gasteiger partial charge in [0.2, 0.25) is 0 Å². The van der Waals surface area contributed by atoms with E-state index in [4.69, 9.17) is 11.6 Å². The molecule has 0 unspecified atom stereocenters. The molecule has 142 valence electrons. The Bertz CT molecular complexity index is 815. The fourth-order valence-electron chi connectivity index (χ4n) is 3.16. The van der Waals surface area contributed by atoms with Gasteiger partial charge in [-0.05, 0) is 61.6 Å². The van der Waals surface area contributed by atoms with Gasteiger partial charge in [0.05, 0.1) is 0 Å². The maximum Gasteiger partial charge on any atom is 0.313 e. The van der Waals surface area contributed by atoms with Gasteiger partial charge in [0, 0.05) is 36.0 Å². The average molecular weight is 386 g/mol. The van der Waals surface area contributed by atoms with Crippen LogP contribution in [0.15, 0.2) is 42.5 Å². The van der Waals surface area contributed by atoms with Gasteiger partial charge in [0.1, 0.15) is 0 Å². The number of nitrogens with zero attached hydrogens (tertiary/aromatic N) is 1. The first-order chi connectivity index (χ1) is 13.0. The van der Waals surface area contributed by atoms with Crippen molar-refractivity contribution < 1.29 is 9.59 Å². The molecule has 5 nitrogen and oxygen atoms in total. The second kappa shape index (κ2) is 8.91. The van der Waals surface area contributed by atoms with E-state index >= 15 is 0 Å². The van der Waals surface area contributed by atoms with Crippen LogP contribution >= 0.6 is 11.6 Å². The predicted octanol–water partition coefficient (Wildman–Crippen LogP) is 3.55. The Morgan fingerprint density at radius 3 is 2.44 bits per heavy atom. The van der Waals surface area contributed by atoms with E-state index in [1.807, 2.05) is 6.92 Å². The number of amides is 2. The summed E-state index contributed by atoms with van der Waals surface area (Å²) in [7, 11) is 0. The predicted molar refractivity (Wildman–Crippen MR) is 109 cm³/mol. The summed E-state index contributed by atoms with van der Waals surface area (Å²) < 4.78 is 0. The zero-order valence-electron chi connectivity index (χ0n) is 15.4. The number of rotatable bonds is 5. The fourth-order valence-corrected chi connectivity index (χ4v) is 3.33. The molecule has 2 aromatic carbocycles. The van der Waals surface area contributed by atoms with Gasteiger partial charge >= 0.3 is 11.8 Å². The molecule has 0 spiro atoms. The molecule has 1 fully saturated rings. The minimum Gasteiger partial charge on any atom is -0.372 e. The van der Waals surface area contributed by atoms with Crippen molar-refractivity contribution in [2.75, 3.05) is 29.9 Å². The standard InChI is InChI=1S/C21H24ClN3O2/c1-15-4-7-17(22)14-19(15)24-21(27)20(26)23-11-10-16-5-8-18(9-6-16)25-12-2-3-13-25/h4-9,14H,2-3,10-13H2,1H3,(H,23,26)(H,24,27). The van der Waals surface area contributed by atoms with Crippen LogP contribution in [0.25, 0.3) is 0 Å². The third-order valence-corrected chi connectivity index (χ3v) is 5.00. The number of nitrogens with one attached hydrogen (secondary N) is 2. The van der Waals surface area contributed by atoms with Gasteiger partial charge in [0.25, 0.3) is 0 Å². The number of carbonyl (C=O) groups excluding carboxylic acids is 2. The molecular weight excluding hydrogens is 362 g/mol. The second-order valence-electron chi connectivity index (χ2n) is 6.78. The highest BCUT2D eigenvalue weighted by molar-refractivity contribution is 6.40. The first-order valence-corrected chi connectivity index (χ1v) is 9.60. The lowest BCUT2D eigenvalue weighted by molar-refractivity contribution is -0.136. The molecule has 0 bridgehead atoms. The molecule has 2 aromatic rings. The average Bonchev–Trinajstić information content (AvgIpc) is 3.20. The van der Waals surface area contributed by atoms with E-state index < -0.39 is 11.8 Å². The van der Waals surface area contributed by atoms with E-state index in [0.29, 0.717) is 23.7 Å². The van der Waals surface area contributed by atoms with E-state index in [2.05, 4.69) is 39.8 Å². The number of halogens is 1.